The van der Waals surface area contributed by atoms with Crippen LogP contribution in [0.3, 0.4) is 0 Å². The highest BCUT2D eigenvalue weighted by Gasteiger charge is 2.36. The van der Waals surface area contributed by atoms with Gasteiger partial charge in [0.2, 0.25) is 0 Å². The Balaban J connectivity index is 1.99. The Morgan fingerprint density at radius 1 is 1.11 bits per heavy atom. The van der Waals surface area contributed by atoms with Crippen molar-refractivity contribution in [2.24, 2.45) is 11.8 Å². The Morgan fingerprint density at radius 2 is 1.79 bits per heavy atom. The standard InChI is InChI=1S/C13H27N3O2S/c1-3-12-6-8-16(10-12)19(17,18)15-7-4-5-13(11-15)9-14-2/h12-14H,3-11H2,1-2H3. The second kappa shape index (κ2) is 6.52. The second-order valence-electron chi connectivity index (χ2n) is 5.85. The summed E-state index contributed by atoms with van der Waals surface area (Å²) in [5, 5.41) is 3.16. The van der Waals surface area contributed by atoms with Gasteiger partial charge in [-0.3, -0.25) is 0 Å². The lowest BCUT2D eigenvalue weighted by atomic mass is 10.00. The fourth-order valence-corrected chi connectivity index (χ4v) is 5.02. The molecular weight excluding hydrogens is 262 g/mol. The van der Waals surface area contributed by atoms with Gasteiger partial charge in [0.1, 0.15) is 0 Å². The van der Waals surface area contributed by atoms with E-state index < -0.39 is 10.2 Å². The maximum atomic E-state index is 12.6. The highest BCUT2D eigenvalue weighted by Crippen LogP contribution is 2.26. The first-order valence-electron chi connectivity index (χ1n) is 7.47. The predicted octanol–water partition coefficient (Wildman–Crippen LogP) is 0.895. The number of rotatable bonds is 5. The molecule has 2 atom stereocenters. The topological polar surface area (TPSA) is 52.7 Å². The fraction of sp³-hybridized carbons (Fsp3) is 1.00. The number of piperidine rings is 1. The van der Waals surface area contributed by atoms with Crippen LogP contribution in [0.25, 0.3) is 0 Å². The zero-order valence-electron chi connectivity index (χ0n) is 12.1. The Bertz CT molecular complexity index is 383. The highest BCUT2D eigenvalue weighted by atomic mass is 32.2. The predicted molar refractivity (Wildman–Crippen MR) is 77.1 cm³/mol. The molecule has 2 aliphatic rings. The van der Waals surface area contributed by atoms with Crippen LogP contribution in [0.2, 0.25) is 0 Å². The second-order valence-corrected chi connectivity index (χ2v) is 7.78. The molecule has 1 N–H and O–H groups in total. The minimum Gasteiger partial charge on any atom is -0.319 e. The van der Waals surface area contributed by atoms with Gasteiger partial charge in [-0.15, -0.1) is 0 Å². The monoisotopic (exact) mass is 289 g/mol. The molecule has 0 aliphatic carbocycles. The van der Waals surface area contributed by atoms with Crippen molar-refractivity contribution in [1.82, 2.24) is 13.9 Å². The first-order chi connectivity index (χ1) is 9.07. The van der Waals surface area contributed by atoms with Crippen LogP contribution in [-0.2, 0) is 10.2 Å². The third-order valence-electron chi connectivity index (χ3n) is 4.45. The Hall–Kier alpha value is -0.170. The molecule has 0 bridgehead atoms. The van der Waals surface area contributed by atoms with Gasteiger partial charge in [-0.05, 0) is 44.7 Å². The molecule has 19 heavy (non-hydrogen) atoms. The molecule has 112 valence electrons. The van der Waals surface area contributed by atoms with E-state index in [9.17, 15) is 8.42 Å². The number of hydrogen-bond acceptors (Lipinski definition) is 3. The molecule has 0 radical (unpaired) electrons. The summed E-state index contributed by atoms with van der Waals surface area (Å²) in [6, 6.07) is 0. The minimum atomic E-state index is -3.22. The number of nitrogens with one attached hydrogen (secondary N) is 1. The van der Waals surface area contributed by atoms with Gasteiger partial charge >= 0.3 is 0 Å². The van der Waals surface area contributed by atoms with Crippen LogP contribution < -0.4 is 5.32 Å². The fourth-order valence-electron chi connectivity index (χ4n) is 3.19. The van der Waals surface area contributed by atoms with E-state index in [1.807, 2.05) is 7.05 Å². The molecule has 2 unspecified atom stereocenters. The van der Waals surface area contributed by atoms with Crippen LogP contribution in [0.1, 0.15) is 32.6 Å². The summed E-state index contributed by atoms with van der Waals surface area (Å²) in [4.78, 5) is 0. The highest BCUT2D eigenvalue weighted by molar-refractivity contribution is 7.86. The van der Waals surface area contributed by atoms with Gasteiger partial charge in [0.15, 0.2) is 0 Å². The molecule has 6 heteroatoms. The molecule has 2 rings (SSSR count). The van der Waals surface area contributed by atoms with Gasteiger partial charge < -0.3 is 5.32 Å². The third-order valence-corrected chi connectivity index (χ3v) is 6.42. The summed E-state index contributed by atoms with van der Waals surface area (Å²) in [5.74, 6) is 1.01. The molecule has 0 aromatic carbocycles. The van der Waals surface area contributed by atoms with Crippen LogP contribution in [0.15, 0.2) is 0 Å². The van der Waals surface area contributed by atoms with E-state index in [2.05, 4.69) is 12.2 Å². The van der Waals surface area contributed by atoms with E-state index in [0.717, 1.165) is 32.2 Å². The van der Waals surface area contributed by atoms with Crippen LogP contribution in [0.5, 0.6) is 0 Å². The Labute approximate surface area is 117 Å². The van der Waals surface area contributed by atoms with Crippen molar-refractivity contribution >= 4 is 10.2 Å². The van der Waals surface area contributed by atoms with Crippen molar-refractivity contribution in [3.05, 3.63) is 0 Å². The molecule has 0 amide bonds. The van der Waals surface area contributed by atoms with Crippen molar-refractivity contribution in [2.45, 2.75) is 32.6 Å². The summed E-state index contributed by atoms with van der Waals surface area (Å²) in [7, 11) is -1.29. The van der Waals surface area contributed by atoms with Gasteiger partial charge in [0, 0.05) is 26.2 Å². The zero-order chi connectivity index (χ0) is 13.9. The summed E-state index contributed by atoms with van der Waals surface area (Å²) in [6.45, 7) is 5.83. The maximum Gasteiger partial charge on any atom is 0.281 e. The van der Waals surface area contributed by atoms with Crippen molar-refractivity contribution in [3.8, 4) is 0 Å². The molecular formula is C13H27N3O2S. The molecule has 2 heterocycles. The van der Waals surface area contributed by atoms with Gasteiger partial charge in [-0.2, -0.15) is 17.0 Å². The van der Waals surface area contributed by atoms with Crippen molar-refractivity contribution < 1.29 is 8.42 Å². The van der Waals surface area contributed by atoms with Crippen LogP contribution in [0, 0.1) is 11.8 Å². The van der Waals surface area contributed by atoms with Crippen molar-refractivity contribution in [1.29, 1.82) is 0 Å². The SMILES string of the molecule is CCC1CCN(S(=O)(=O)N2CCCC(CNC)C2)C1. The van der Waals surface area contributed by atoms with Gasteiger partial charge in [0.25, 0.3) is 10.2 Å². The van der Waals surface area contributed by atoms with E-state index in [0.29, 0.717) is 38.0 Å². The van der Waals surface area contributed by atoms with Gasteiger partial charge in [-0.1, -0.05) is 13.3 Å². The van der Waals surface area contributed by atoms with Crippen molar-refractivity contribution in [3.63, 3.8) is 0 Å². The maximum absolute atomic E-state index is 12.6. The zero-order valence-corrected chi connectivity index (χ0v) is 13.0. The molecule has 2 fully saturated rings. The van der Waals surface area contributed by atoms with Crippen LogP contribution in [0.4, 0.5) is 0 Å². The Morgan fingerprint density at radius 3 is 2.42 bits per heavy atom. The first-order valence-corrected chi connectivity index (χ1v) is 8.87. The van der Waals surface area contributed by atoms with E-state index in [1.54, 1.807) is 8.61 Å². The third kappa shape index (κ3) is 3.48. The average molecular weight is 289 g/mol. The van der Waals surface area contributed by atoms with Gasteiger partial charge in [-0.25, -0.2) is 0 Å². The molecule has 0 aromatic rings. The minimum absolute atomic E-state index is 0.457. The lowest BCUT2D eigenvalue weighted by molar-refractivity contribution is 0.248. The summed E-state index contributed by atoms with van der Waals surface area (Å²) in [5.41, 5.74) is 0. The lowest BCUT2D eigenvalue weighted by Gasteiger charge is -2.34. The number of nitrogens with zero attached hydrogens (tertiary/aromatic N) is 2. The smallest absolute Gasteiger partial charge is 0.281 e. The summed E-state index contributed by atoms with van der Waals surface area (Å²) in [6.07, 6.45) is 4.21. The lowest BCUT2D eigenvalue weighted by Crippen LogP contribution is -2.48. The summed E-state index contributed by atoms with van der Waals surface area (Å²) >= 11 is 0. The van der Waals surface area contributed by atoms with Crippen LogP contribution >= 0.6 is 0 Å². The van der Waals surface area contributed by atoms with E-state index >= 15 is 0 Å². The molecule has 2 aliphatic heterocycles. The first kappa shape index (κ1) is 15.2. The van der Waals surface area contributed by atoms with E-state index in [-0.39, 0.29) is 0 Å². The molecule has 2 saturated heterocycles. The molecule has 0 aromatic heterocycles. The largest absolute Gasteiger partial charge is 0.319 e. The number of hydrogen-bond donors (Lipinski definition) is 1. The van der Waals surface area contributed by atoms with Crippen molar-refractivity contribution in [2.75, 3.05) is 39.8 Å². The normalized spacial score (nSPS) is 30.8. The van der Waals surface area contributed by atoms with Crippen LogP contribution in [-0.4, -0.2) is 56.8 Å². The molecule has 0 spiro atoms. The van der Waals surface area contributed by atoms with E-state index in [1.165, 1.54) is 0 Å². The van der Waals surface area contributed by atoms with Gasteiger partial charge in [0.05, 0.1) is 0 Å². The average Bonchev–Trinajstić information content (AvgIpc) is 2.89. The molecule has 5 nitrogen and oxygen atoms in total. The Kier molecular flexibility index (Phi) is 5.22. The molecule has 0 saturated carbocycles. The quantitative estimate of drug-likeness (QED) is 0.818. The van der Waals surface area contributed by atoms with E-state index in [4.69, 9.17) is 0 Å². The summed E-state index contributed by atoms with van der Waals surface area (Å²) < 4.78 is 28.7.